The number of carbonyl (C=O) groups excluding carboxylic acids is 1. The van der Waals surface area contributed by atoms with E-state index in [-0.39, 0.29) is 5.91 Å². The first-order valence-corrected chi connectivity index (χ1v) is 8.64. The lowest BCUT2D eigenvalue weighted by molar-refractivity contribution is -0.137. The van der Waals surface area contributed by atoms with Crippen molar-refractivity contribution in [3.63, 3.8) is 0 Å². The van der Waals surface area contributed by atoms with Gasteiger partial charge in [-0.3, -0.25) is 4.79 Å². The topological polar surface area (TPSA) is 20.3 Å². The first kappa shape index (κ1) is 17.2. The van der Waals surface area contributed by atoms with Crippen LogP contribution in [0.5, 0.6) is 0 Å². The zero-order chi connectivity index (χ0) is 17.3. The van der Waals surface area contributed by atoms with E-state index < -0.39 is 17.1 Å². The first-order valence-electron chi connectivity index (χ1n) is 7.21. The van der Waals surface area contributed by atoms with Crippen LogP contribution in [0, 0.1) is 0 Å². The Bertz CT molecular complexity index is 748. The van der Waals surface area contributed by atoms with Crippen LogP contribution in [0.15, 0.2) is 48.5 Å². The van der Waals surface area contributed by atoms with E-state index >= 15 is 0 Å². The maximum atomic E-state index is 12.9. The second-order valence-electron chi connectivity index (χ2n) is 5.35. The van der Waals surface area contributed by atoms with Crippen LogP contribution in [0.1, 0.15) is 26.9 Å². The maximum Gasteiger partial charge on any atom is 0.416 e. The predicted molar refractivity (Wildman–Crippen MR) is 89.1 cm³/mol. The van der Waals surface area contributed by atoms with E-state index in [9.17, 15) is 18.0 Å². The highest BCUT2D eigenvalue weighted by atomic mass is 35.5. The zero-order valence-corrected chi connectivity index (χ0v) is 14.0. The Labute approximate surface area is 146 Å². The summed E-state index contributed by atoms with van der Waals surface area (Å²) in [6.07, 6.45) is -4.40. The summed E-state index contributed by atoms with van der Waals surface area (Å²) in [6.45, 7) is 0.493. The van der Waals surface area contributed by atoms with Crippen molar-refractivity contribution in [3.8, 4) is 0 Å². The molecule has 3 rings (SSSR count). The molecular weight excluding hydrogens is 359 g/mol. The number of alkyl halides is 3. The average molecular weight is 372 g/mol. The van der Waals surface area contributed by atoms with Crippen LogP contribution in [0.4, 0.5) is 13.2 Å². The minimum Gasteiger partial charge on any atom is -0.322 e. The Morgan fingerprint density at radius 3 is 2.54 bits per heavy atom. The molecule has 1 saturated heterocycles. The molecule has 2 nitrogen and oxygen atoms in total. The molecule has 126 valence electrons. The number of carbonyl (C=O) groups is 1. The second-order valence-corrected chi connectivity index (χ2v) is 6.98. The molecule has 7 heteroatoms. The molecule has 0 spiro atoms. The zero-order valence-electron chi connectivity index (χ0n) is 12.4. The summed E-state index contributed by atoms with van der Waals surface area (Å²) in [4.78, 5) is 14.3. The van der Waals surface area contributed by atoms with E-state index in [0.717, 1.165) is 12.1 Å². The van der Waals surface area contributed by atoms with E-state index in [2.05, 4.69) is 0 Å². The van der Waals surface area contributed by atoms with Crippen molar-refractivity contribution in [2.75, 3.05) is 12.3 Å². The van der Waals surface area contributed by atoms with Gasteiger partial charge in [0.2, 0.25) is 0 Å². The van der Waals surface area contributed by atoms with Gasteiger partial charge in [0.1, 0.15) is 5.37 Å². The molecule has 0 unspecified atom stereocenters. The average Bonchev–Trinajstić information content (AvgIpc) is 3.04. The highest BCUT2D eigenvalue weighted by molar-refractivity contribution is 7.99. The lowest BCUT2D eigenvalue weighted by Gasteiger charge is -2.25. The fourth-order valence-corrected chi connectivity index (χ4v) is 3.95. The Hall–Kier alpha value is -1.66. The number of halogens is 4. The molecule has 0 aliphatic carbocycles. The summed E-state index contributed by atoms with van der Waals surface area (Å²) >= 11 is 7.29. The van der Waals surface area contributed by atoms with Crippen LogP contribution in [0.3, 0.4) is 0 Å². The third-order valence-electron chi connectivity index (χ3n) is 3.74. The number of hydrogen-bond acceptors (Lipinski definition) is 2. The van der Waals surface area contributed by atoms with E-state index in [0.29, 0.717) is 28.4 Å². The van der Waals surface area contributed by atoms with Crippen molar-refractivity contribution in [3.05, 3.63) is 70.2 Å². The van der Waals surface area contributed by atoms with Gasteiger partial charge >= 0.3 is 6.18 Å². The molecule has 1 fully saturated rings. The van der Waals surface area contributed by atoms with Crippen LogP contribution in [-0.4, -0.2) is 23.1 Å². The van der Waals surface area contributed by atoms with E-state index in [4.69, 9.17) is 11.6 Å². The maximum absolute atomic E-state index is 12.9. The molecular formula is C17H13ClF3NOS. The fourth-order valence-electron chi connectivity index (χ4n) is 2.58. The molecule has 0 bridgehead atoms. The Balaban J connectivity index is 1.88. The minimum absolute atomic E-state index is 0.209. The SMILES string of the molecule is O=C(c1ccc(Cl)cc1)N1CCS[C@H]1c1cccc(C(F)(F)F)c1. The molecule has 0 aromatic heterocycles. The molecule has 1 atom stereocenters. The molecule has 1 aliphatic heterocycles. The van der Waals surface area contributed by atoms with Crippen LogP contribution in [0.25, 0.3) is 0 Å². The minimum atomic E-state index is -4.40. The summed E-state index contributed by atoms with van der Waals surface area (Å²) in [5.41, 5.74) is 0.250. The summed E-state index contributed by atoms with van der Waals surface area (Å²) in [5, 5.41) is 0.104. The number of rotatable bonds is 2. The van der Waals surface area contributed by atoms with Crippen molar-refractivity contribution in [2.45, 2.75) is 11.6 Å². The van der Waals surface area contributed by atoms with Crippen LogP contribution >= 0.6 is 23.4 Å². The first-order chi connectivity index (χ1) is 11.4. The number of thioether (sulfide) groups is 1. The van der Waals surface area contributed by atoms with Gasteiger partial charge in [0.05, 0.1) is 5.56 Å². The number of hydrogen-bond donors (Lipinski definition) is 0. The number of amides is 1. The van der Waals surface area contributed by atoms with Gasteiger partial charge in [-0.05, 0) is 42.0 Å². The summed E-state index contributed by atoms with van der Waals surface area (Å²) in [6, 6.07) is 11.6. The lowest BCUT2D eigenvalue weighted by Crippen LogP contribution is -2.30. The summed E-state index contributed by atoms with van der Waals surface area (Å²) in [5.74, 6) is 0.472. The molecule has 2 aromatic carbocycles. The Morgan fingerprint density at radius 2 is 1.88 bits per heavy atom. The molecule has 1 heterocycles. The molecule has 0 N–H and O–H groups in total. The van der Waals surface area contributed by atoms with Gasteiger partial charge in [0, 0.05) is 22.9 Å². The lowest BCUT2D eigenvalue weighted by atomic mass is 10.1. The second kappa shape index (κ2) is 6.69. The number of benzene rings is 2. The van der Waals surface area contributed by atoms with Crippen LogP contribution in [-0.2, 0) is 6.18 Å². The monoisotopic (exact) mass is 371 g/mol. The molecule has 0 radical (unpaired) electrons. The van der Waals surface area contributed by atoms with E-state index in [1.165, 1.54) is 17.8 Å². The van der Waals surface area contributed by atoms with Gasteiger partial charge in [0.15, 0.2) is 0 Å². The quantitative estimate of drug-likeness (QED) is 0.719. The summed E-state index contributed by atoms with van der Waals surface area (Å²) < 4.78 is 38.7. The van der Waals surface area contributed by atoms with Gasteiger partial charge in [-0.15, -0.1) is 11.8 Å². The van der Waals surface area contributed by atoms with Crippen LogP contribution < -0.4 is 0 Å². The van der Waals surface area contributed by atoms with Crippen molar-refractivity contribution in [2.24, 2.45) is 0 Å². The van der Waals surface area contributed by atoms with Gasteiger partial charge < -0.3 is 4.90 Å². The van der Waals surface area contributed by atoms with Crippen molar-refractivity contribution in [1.82, 2.24) is 4.90 Å². The largest absolute Gasteiger partial charge is 0.416 e. The normalized spacial score (nSPS) is 18.0. The highest BCUT2D eigenvalue weighted by Gasteiger charge is 2.34. The molecule has 1 aliphatic rings. The molecule has 1 amide bonds. The standard InChI is InChI=1S/C17H13ClF3NOS/c18-14-6-4-11(5-7-14)15(23)22-8-9-24-16(22)12-2-1-3-13(10-12)17(19,20)21/h1-7,10,16H,8-9H2/t16-/m0/s1. The van der Waals surface area contributed by atoms with E-state index in [1.54, 1.807) is 35.2 Å². The Morgan fingerprint density at radius 1 is 1.17 bits per heavy atom. The summed E-state index contributed by atoms with van der Waals surface area (Å²) in [7, 11) is 0. The van der Waals surface area contributed by atoms with Crippen LogP contribution in [0.2, 0.25) is 5.02 Å². The third-order valence-corrected chi connectivity index (χ3v) is 5.25. The smallest absolute Gasteiger partial charge is 0.322 e. The van der Waals surface area contributed by atoms with Gasteiger partial charge in [0.25, 0.3) is 5.91 Å². The van der Waals surface area contributed by atoms with Crippen molar-refractivity contribution >= 4 is 29.3 Å². The van der Waals surface area contributed by atoms with Gasteiger partial charge in [-0.2, -0.15) is 13.2 Å². The highest BCUT2D eigenvalue weighted by Crippen LogP contribution is 2.40. The van der Waals surface area contributed by atoms with Crippen molar-refractivity contribution < 1.29 is 18.0 Å². The molecule has 2 aromatic rings. The van der Waals surface area contributed by atoms with E-state index in [1.807, 2.05) is 0 Å². The third kappa shape index (κ3) is 3.54. The van der Waals surface area contributed by atoms with Gasteiger partial charge in [-0.1, -0.05) is 23.7 Å². The van der Waals surface area contributed by atoms with Crippen molar-refractivity contribution in [1.29, 1.82) is 0 Å². The number of nitrogens with zero attached hydrogens (tertiary/aromatic N) is 1. The molecule has 24 heavy (non-hydrogen) atoms. The Kier molecular flexibility index (Phi) is 4.78. The van der Waals surface area contributed by atoms with Gasteiger partial charge in [-0.25, -0.2) is 0 Å². The fraction of sp³-hybridized carbons (Fsp3) is 0.235. The molecule has 0 saturated carbocycles. The predicted octanol–water partition coefficient (Wildman–Crippen LogP) is 5.25.